The molecule has 5 saturated heterocycles. The summed E-state index contributed by atoms with van der Waals surface area (Å²) in [5.74, 6) is -2.69. The number of hydrogen-bond donors (Lipinski definition) is 0. The van der Waals surface area contributed by atoms with Gasteiger partial charge in [0.15, 0.2) is 36.4 Å². The number of carbonyl (C=O) groups is 2. The maximum absolute atomic E-state index is 11.8. The molecule has 10 unspecified atom stereocenters. The summed E-state index contributed by atoms with van der Waals surface area (Å²) >= 11 is 0. The lowest BCUT2D eigenvalue weighted by atomic mass is 9.99. The zero-order valence-corrected chi connectivity index (χ0v) is 20.1. The van der Waals surface area contributed by atoms with Crippen molar-refractivity contribution in [3.05, 3.63) is 0 Å². The Kier molecular flexibility index (Phi) is 6.17. The number of fused-ring (bicyclic) bond motifs is 5. The highest BCUT2D eigenvalue weighted by Crippen LogP contribution is 2.44. The van der Waals surface area contributed by atoms with Crippen molar-refractivity contribution in [3.8, 4) is 0 Å². The molecule has 12 heteroatoms. The summed E-state index contributed by atoms with van der Waals surface area (Å²) in [6, 6.07) is 0. The van der Waals surface area contributed by atoms with E-state index in [9.17, 15) is 9.59 Å². The summed E-state index contributed by atoms with van der Waals surface area (Å²) in [6.07, 6.45) is -6.44. The van der Waals surface area contributed by atoms with E-state index < -0.39 is 84.9 Å². The van der Waals surface area contributed by atoms with Crippen LogP contribution in [0.5, 0.6) is 0 Å². The van der Waals surface area contributed by atoms with Gasteiger partial charge in [0.05, 0.1) is 13.2 Å². The van der Waals surface area contributed by atoms with E-state index in [0.29, 0.717) is 0 Å². The molecule has 5 aliphatic rings. The lowest BCUT2D eigenvalue weighted by molar-refractivity contribution is -0.293. The molecule has 2 bridgehead atoms. The topological polar surface area (TPSA) is 126 Å². The van der Waals surface area contributed by atoms with Gasteiger partial charge < -0.3 is 47.4 Å². The van der Waals surface area contributed by atoms with Crippen molar-refractivity contribution >= 4 is 11.9 Å². The van der Waals surface area contributed by atoms with Crippen LogP contribution in [-0.2, 0) is 57.0 Å². The molecule has 0 saturated carbocycles. The van der Waals surface area contributed by atoms with E-state index >= 15 is 0 Å². The third-order valence-electron chi connectivity index (χ3n) is 6.32. The third-order valence-corrected chi connectivity index (χ3v) is 6.32. The maximum atomic E-state index is 11.8. The van der Waals surface area contributed by atoms with Gasteiger partial charge in [0.1, 0.15) is 36.6 Å². The van der Waals surface area contributed by atoms with E-state index in [1.165, 1.54) is 13.8 Å². The second-order valence-corrected chi connectivity index (χ2v) is 10.0. The molecule has 0 aromatic heterocycles. The molecule has 0 spiro atoms. The van der Waals surface area contributed by atoms with Gasteiger partial charge in [-0.3, -0.25) is 9.59 Å². The first-order chi connectivity index (χ1) is 15.9. The maximum Gasteiger partial charge on any atom is 0.303 e. The molecule has 0 aromatic rings. The minimum absolute atomic E-state index is 0.0354. The predicted octanol–water partition coefficient (Wildman–Crippen LogP) is 0.387. The number of ether oxygens (including phenoxy) is 10. The van der Waals surface area contributed by atoms with Crippen LogP contribution in [0.2, 0.25) is 0 Å². The standard InChI is InChI=1S/C22H32O12/c1-9(23)27-13-11-7-25-15(13)17(28-10(2)24)19(29-11)26-8-12-14-16(32-21(3,4)31-14)18-20(30-12)34-22(5,6)33-18/h11-20H,7-8H2,1-6H3. The monoisotopic (exact) mass is 488 g/mol. The second-order valence-electron chi connectivity index (χ2n) is 10.0. The van der Waals surface area contributed by atoms with Gasteiger partial charge in [0.2, 0.25) is 0 Å². The van der Waals surface area contributed by atoms with Crippen LogP contribution in [-0.4, -0.2) is 98.1 Å². The predicted molar refractivity (Wildman–Crippen MR) is 108 cm³/mol. The molecule has 0 aliphatic carbocycles. The first-order valence-corrected chi connectivity index (χ1v) is 11.5. The number of rotatable bonds is 5. The minimum Gasteiger partial charge on any atom is -0.457 e. The fourth-order valence-electron chi connectivity index (χ4n) is 5.21. The molecule has 192 valence electrons. The Hall–Kier alpha value is -1.38. The minimum atomic E-state index is -0.958. The molecule has 5 heterocycles. The Labute approximate surface area is 197 Å². The fraction of sp³-hybridized carbons (Fsp3) is 0.909. The number of hydrogen-bond acceptors (Lipinski definition) is 12. The van der Waals surface area contributed by atoms with Crippen LogP contribution in [0, 0.1) is 0 Å². The summed E-state index contributed by atoms with van der Waals surface area (Å²) < 4.78 is 58.9. The molecule has 5 rings (SSSR count). The molecule has 12 nitrogen and oxygen atoms in total. The van der Waals surface area contributed by atoms with E-state index in [1.807, 2.05) is 27.7 Å². The summed E-state index contributed by atoms with van der Waals surface area (Å²) in [7, 11) is 0. The van der Waals surface area contributed by atoms with Gasteiger partial charge in [-0.2, -0.15) is 0 Å². The quantitative estimate of drug-likeness (QED) is 0.497. The van der Waals surface area contributed by atoms with Crippen LogP contribution in [0.3, 0.4) is 0 Å². The van der Waals surface area contributed by atoms with Crippen LogP contribution in [0.1, 0.15) is 41.5 Å². The van der Waals surface area contributed by atoms with Crippen molar-refractivity contribution in [1.82, 2.24) is 0 Å². The van der Waals surface area contributed by atoms with Crippen LogP contribution in [0.25, 0.3) is 0 Å². The second kappa shape index (κ2) is 8.63. The van der Waals surface area contributed by atoms with Gasteiger partial charge in [-0.1, -0.05) is 0 Å². The first-order valence-electron chi connectivity index (χ1n) is 11.5. The van der Waals surface area contributed by atoms with Crippen LogP contribution in [0.4, 0.5) is 0 Å². The normalized spacial score (nSPS) is 45.9. The lowest BCUT2D eigenvalue weighted by Crippen LogP contribution is -2.59. The smallest absolute Gasteiger partial charge is 0.303 e. The summed E-state index contributed by atoms with van der Waals surface area (Å²) in [4.78, 5) is 23.3. The Bertz CT molecular complexity index is 814. The molecule has 0 N–H and O–H groups in total. The molecule has 5 aliphatic heterocycles. The Morgan fingerprint density at radius 2 is 1.41 bits per heavy atom. The summed E-state index contributed by atoms with van der Waals surface area (Å²) in [5, 5.41) is 0. The van der Waals surface area contributed by atoms with Gasteiger partial charge in [-0.15, -0.1) is 0 Å². The fourth-order valence-corrected chi connectivity index (χ4v) is 5.21. The SMILES string of the molecule is CC(=O)OC1C2COC1C(OC(C)=O)C(OCC1OC3OC(C)(C)OC3C3OC(C)(C)OC13)O2. The van der Waals surface area contributed by atoms with Gasteiger partial charge >= 0.3 is 11.9 Å². The van der Waals surface area contributed by atoms with Gasteiger partial charge in [-0.05, 0) is 27.7 Å². The van der Waals surface area contributed by atoms with Crippen molar-refractivity contribution in [2.24, 2.45) is 0 Å². The molecular weight excluding hydrogens is 456 g/mol. The average Bonchev–Trinajstić information content (AvgIpc) is 3.30. The molecule has 0 amide bonds. The van der Waals surface area contributed by atoms with Crippen LogP contribution >= 0.6 is 0 Å². The largest absolute Gasteiger partial charge is 0.457 e. The molecule has 34 heavy (non-hydrogen) atoms. The Morgan fingerprint density at radius 3 is 2.12 bits per heavy atom. The number of carbonyl (C=O) groups excluding carboxylic acids is 2. The van der Waals surface area contributed by atoms with Crippen LogP contribution in [0.15, 0.2) is 0 Å². The van der Waals surface area contributed by atoms with E-state index in [-0.39, 0.29) is 13.2 Å². The van der Waals surface area contributed by atoms with E-state index in [0.717, 1.165) is 0 Å². The summed E-state index contributed by atoms with van der Waals surface area (Å²) in [5.41, 5.74) is 0. The summed E-state index contributed by atoms with van der Waals surface area (Å²) in [6.45, 7) is 10.1. The van der Waals surface area contributed by atoms with Crippen molar-refractivity contribution in [1.29, 1.82) is 0 Å². The molecule has 0 aromatic carbocycles. The Balaban J connectivity index is 1.30. The van der Waals surface area contributed by atoms with Crippen molar-refractivity contribution in [2.75, 3.05) is 13.2 Å². The molecule has 0 radical (unpaired) electrons. The van der Waals surface area contributed by atoms with E-state index in [1.54, 1.807) is 0 Å². The highest BCUT2D eigenvalue weighted by atomic mass is 16.9. The van der Waals surface area contributed by atoms with Crippen molar-refractivity contribution in [3.63, 3.8) is 0 Å². The third kappa shape index (κ3) is 4.58. The van der Waals surface area contributed by atoms with E-state index in [2.05, 4.69) is 0 Å². The molecular formula is C22H32O12. The number of esters is 2. The van der Waals surface area contributed by atoms with Crippen molar-refractivity contribution < 1.29 is 57.0 Å². The van der Waals surface area contributed by atoms with E-state index in [4.69, 9.17) is 47.4 Å². The zero-order chi connectivity index (χ0) is 24.4. The van der Waals surface area contributed by atoms with Gasteiger partial charge in [0.25, 0.3) is 0 Å². The first kappa shape index (κ1) is 24.3. The van der Waals surface area contributed by atoms with Gasteiger partial charge in [0, 0.05) is 13.8 Å². The van der Waals surface area contributed by atoms with Crippen LogP contribution < -0.4 is 0 Å². The molecule has 10 atom stereocenters. The average molecular weight is 488 g/mol. The highest BCUT2D eigenvalue weighted by molar-refractivity contribution is 5.67. The Morgan fingerprint density at radius 1 is 0.794 bits per heavy atom. The zero-order valence-electron chi connectivity index (χ0n) is 20.1. The molecule has 5 fully saturated rings. The van der Waals surface area contributed by atoms with Crippen molar-refractivity contribution in [2.45, 2.75) is 115 Å². The lowest BCUT2D eigenvalue weighted by Gasteiger charge is -2.40. The highest BCUT2D eigenvalue weighted by Gasteiger charge is 2.61. The van der Waals surface area contributed by atoms with Gasteiger partial charge in [-0.25, -0.2) is 0 Å².